The number of aliphatic carboxylic acids is 1. The first-order valence-corrected chi connectivity index (χ1v) is 7.91. The number of Topliss-reactive ketones (excluding diaryl/α,β-unsaturated/α-hetero) is 1. The van der Waals surface area contributed by atoms with E-state index in [2.05, 4.69) is 21.0 Å². The van der Waals surface area contributed by atoms with Crippen molar-refractivity contribution < 1.29 is 14.7 Å². The van der Waals surface area contributed by atoms with E-state index in [1.165, 1.54) is 18.7 Å². The zero-order valence-electron chi connectivity index (χ0n) is 11.1. The number of carbonyl (C=O) groups excluding carboxylic acids is 2. The molecule has 0 heterocycles. The van der Waals surface area contributed by atoms with Crippen molar-refractivity contribution in [3.63, 3.8) is 0 Å². The van der Waals surface area contributed by atoms with Crippen LogP contribution in [0.3, 0.4) is 0 Å². The summed E-state index contributed by atoms with van der Waals surface area (Å²) in [6, 6.07) is 9.77. The quantitative estimate of drug-likeness (QED) is 0.412. The molecule has 0 fully saturated rings. The summed E-state index contributed by atoms with van der Waals surface area (Å²) in [4.78, 5) is 26.2. The molecule has 1 atom stereocenters. The normalized spacial score (nSPS) is 12.9. The van der Waals surface area contributed by atoms with Gasteiger partial charge in [0.15, 0.2) is 0 Å². The SMILES string of the molecule is CC(=O)CC(CSC([Se])=NCc1ccccc1)C(=O)[O-]. The topological polar surface area (TPSA) is 69.6 Å². The van der Waals surface area contributed by atoms with Crippen LogP contribution in [0.2, 0.25) is 0 Å². The number of carboxylic acid groups (broad SMARTS) is 1. The molecule has 0 amide bonds. The van der Waals surface area contributed by atoms with Gasteiger partial charge in [0.2, 0.25) is 0 Å². The Balaban J connectivity index is 2.46. The molecule has 1 aromatic rings. The van der Waals surface area contributed by atoms with E-state index in [1.54, 1.807) is 0 Å². The summed E-state index contributed by atoms with van der Waals surface area (Å²) < 4.78 is 0.684. The molecule has 6 heteroatoms. The van der Waals surface area contributed by atoms with Crippen LogP contribution in [0, 0.1) is 5.92 Å². The number of nitrogens with zero attached hydrogens (tertiary/aromatic N) is 1. The van der Waals surface area contributed by atoms with Gasteiger partial charge in [0, 0.05) is 0 Å². The molecule has 1 rings (SSSR count). The van der Waals surface area contributed by atoms with Gasteiger partial charge >= 0.3 is 131 Å². The van der Waals surface area contributed by atoms with Crippen molar-refractivity contribution in [2.45, 2.75) is 19.9 Å². The van der Waals surface area contributed by atoms with Gasteiger partial charge in [-0.2, -0.15) is 0 Å². The summed E-state index contributed by atoms with van der Waals surface area (Å²) in [6.45, 7) is 1.92. The Bertz CT molecular complexity index is 490. The Labute approximate surface area is 130 Å². The van der Waals surface area contributed by atoms with Crippen LogP contribution < -0.4 is 5.11 Å². The zero-order chi connectivity index (χ0) is 15.0. The van der Waals surface area contributed by atoms with Crippen LogP contribution in [0.1, 0.15) is 18.9 Å². The second kappa shape index (κ2) is 8.95. The van der Waals surface area contributed by atoms with Crippen molar-refractivity contribution in [1.29, 1.82) is 0 Å². The number of carboxylic acids is 1. The molecule has 0 N–H and O–H groups in total. The number of rotatable bonds is 7. The van der Waals surface area contributed by atoms with Gasteiger partial charge in [0.1, 0.15) is 0 Å². The van der Waals surface area contributed by atoms with E-state index in [1.807, 2.05) is 30.3 Å². The molecule has 0 bridgehead atoms. The Morgan fingerprint density at radius 3 is 2.55 bits per heavy atom. The summed E-state index contributed by atoms with van der Waals surface area (Å²) in [5, 5.41) is 10.9. The maximum atomic E-state index is 11.0. The fourth-order valence-corrected chi connectivity index (χ4v) is 2.83. The van der Waals surface area contributed by atoms with E-state index in [-0.39, 0.29) is 18.0 Å². The summed E-state index contributed by atoms with van der Waals surface area (Å²) in [7, 11) is 0. The average Bonchev–Trinajstić information content (AvgIpc) is 2.41. The molecular formula is C14H15NO3SSe-. The molecule has 107 valence electrons. The van der Waals surface area contributed by atoms with E-state index >= 15 is 0 Å². The molecule has 0 aliphatic rings. The van der Waals surface area contributed by atoms with Crippen molar-refractivity contribution in [3.8, 4) is 0 Å². The Morgan fingerprint density at radius 1 is 1.35 bits per heavy atom. The molecule has 0 aliphatic carbocycles. The number of hydrogen-bond acceptors (Lipinski definition) is 5. The van der Waals surface area contributed by atoms with Gasteiger partial charge in [-0.15, -0.1) is 0 Å². The van der Waals surface area contributed by atoms with Crippen LogP contribution >= 0.6 is 11.8 Å². The van der Waals surface area contributed by atoms with Crippen LogP contribution in [0.5, 0.6) is 0 Å². The zero-order valence-corrected chi connectivity index (χ0v) is 13.6. The van der Waals surface area contributed by atoms with Crippen molar-refractivity contribution in [2.75, 3.05) is 5.75 Å². The third-order valence-corrected chi connectivity index (χ3v) is 4.47. The third kappa shape index (κ3) is 6.89. The summed E-state index contributed by atoms with van der Waals surface area (Å²) in [6.07, 6.45) is 0.00129. The molecular weight excluding hydrogens is 341 g/mol. The van der Waals surface area contributed by atoms with Crippen molar-refractivity contribution in [1.82, 2.24) is 0 Å². The molecule has 20 heavy (non-hydrogen) atoms. The molecule has 0 saturated carbocycles. The first kappa shape index (κ1) is 17.0. The van der Waals surface area contributed by atoms with E-state index in [4.69, 9.17) is 0 Å². The van der Waals surface area contributed by atoms with Gasteiger partial charge in [0.05, 0.1) is 0 Å². The fraction of sp³-hybridized carbons (Fsp3) is 0.357. The van der Waals surface area contributed by atoms with Crippen molar-refractivity contribution in [3.05, 3.63) is 35.9 Å². The molecule has 4 nitrogen and oxygen atoms in total. The van der Waals surface area contributed by atoms with E-state index < -0.39 is 11.9 Å². The second-order valence-corrected chi connectivity index (χ2v) is 6.70. The predicted molar refractivity (Wildman–Crippen MR) is 79.6 cm³/mol. The minimum absolute atomic E-state index is 0.00129. The van der Waals surface area contributed by atoms with Gasteiger partial charge in [0.25, 0.3) is 0 Å². The van der Waals surface area contributed by atoms with Crippen molar-refractivity contribution >= 4 is 43.5 Å². The van der Waals surface area contributed by atoms with Crippen LogP contribution in [0.4, 0.5) is 0 Å². The first-order chi connectivity index (χ1) is 9.49. The number of carbonyl (C=O) groups is 2. The summed E-state index contributed by atoms with van der Waals surface area (Å²) in [5.74, 6) is -1.83. The molecule has 0 aliphatic heterocycles. The predicted octanol–water partition coefficient (Wildman–Crippen LogP) is 0.789. The van der Waals surface area contributed by atoms with Crippen LogP contribution in [0.25, 0.3) is 0 Å². The van der Waals surface area contributed by atoms with Crippen LogP contribution in [-0.4, -0.2) is 37.5 Å². The number of benzene rings is 1. The van der Waals surface area contributed by atoms with Gasteiger partial charge in [-0.1, -0.05) is 0 Å². The van der Waals surface area contributed by atoms with Gasteiger partial charge in [-0.05, 0) is 0 Å². The molecule has 1 unspecified atom stereocenters. The Morgan fingerprint density at radius 2 is 2.00 bits per heavy atom. The maximum absolute atomic E-state index is 11.0. The van der Waals surface area contributed by atoms with Crippen molar-refractivity contribution in [2.24, 2.45) is 10.9 Å². The molecule has 0 saturated heterocycles. The number of hydrogen-bond donors (Lipinski definition) is 0. The van der Waals surface area contributed by atoms with Crippen LogP contribution in [-0.2, 0) is 16.1 Å². The van der Waals surface area contributed by atoms with E-state index in [9.17, 15) is 14.7 Å². The van der Waals surface area contributed by atoms with Gasteiger partial charge in [-0.25, -0.2) is 0 Å². The molecule has 1 aromatic carbocycles. The number of aliphatic imine (C=N–C) groups is 1. The molecule has 0 aromatic heterocycles. The third-order valence-electron chi connectivity index (χ3n) is 2.51. The average molecular weight is 356 g/mol. The van der Waals surface area contributed by atoms with Gasteiger partial charge < -0.3 is 0 Å². The number of thioether (sulfide) groups is 1. The Hall–Kier alpha value is -1.10. The number of ketones is 1. The minimum atomic E-state index is -1.19. The van der Waals surface area contributed by atoms with Crippen LogP contribution in [0.15, 0.2) is 35.3 Å². The standard InChI is InChI=1S/C14H16NO3SSe/c1-10(16)7-12(13(17)18)9-19-14(20)15-8-11-5-3-2-4-6-11/h2-6,12H,7-9H2,1H3,(H,17,18)/p-1. The van der Waals surface area contributed by atoms with E-state index in [0.717, 1.165) is 5.56 Å². The molecule has 0 spiro atoms. The van der Waals surface area contributed by atoms with E-state index in [0.29, 0.717) is 10.5 Å². The first-order valence-electron chi connectivity index (χ1n) is 6.07. The second-order valence-electron chi connectivity index (χ2n) is 4.30. The van der Waals surface area contributed by atoms with Gasteiger partial charge in [-0.3, -0.25) is 0 Å². The Kier molecular flexibility index (Phi) is 7.59. The summed E-state index contributed by atoms with van der Waals surface area (Å²) in [5.41, 5.74) is 1.08. The monoisotopic (exact) mass is 357 g/mol. The summed E-state index contributed by atoms with van der Waals surface area (Å²) >= 11 is 4.11. The molecule has 1 radical (unpaired) electrons. The fourth-order valence-electron chi connectivity index (χ4n) is 1.51.